The first-order valence-electron chi connectivity index (χ1n) is 6.49. The Kier molecular flexibility index (Phi) is 4.16. The highest BCUT2D eigenvalue weighted by molar-refractivity contribution is 5.58. The van der Waals surface area contributed by atoms with E-state index in [1.807, 2.05) is 39.1 Å². The largest absolute Gasteiger partial charge is 0.494 e. The number of hydrogen-bond donors (Lipinski definition) is 1. The summed E-state index contributed by atoms with van der Waals surface area (Å²) in [5, 5.41) is 4.43. The minimum absolute atomic E-state index is 0.578. The highest BCUT2D eigenvalue weighted by Gasteiger charge is 2.10. The van der Waals surface area contributed by atoms with Crippen LogP contribution < -0.4 is 10.5 Å². The van der Waals surface area contributed by atoms with Crippen LogP contribution in [-0.2, 0) is 13.5 Å². The van der Waals surface area contributed by atoms with Gasteiger partial charge in [0.25, 0.3) is 0 Å². The Labute approximate surface area is 113 Å². The summed E-state index contributed by atoms with van der Waals surface area (Å²) in [6.07, 6.45) is 0.736. The van der Waals surface area contributed by atoms with E-state index < -0.39 is 0 Å². The van der Waals surface area contributed by atoms with Crippen molar-refractivity contribution in [1.29, 1.82) is 0 Å². The number of benzene rings is 1. The number of aromatic nitrogens is 3. The summed E-state index contributed by atoms with van der Waals surface area (Å²) < 4.78 is 7.32. The molecule has 19 heavy (non-hydrogen) atoms. The molecule has 2 aromatic rings. The van der Waals surface area contributed by atoms with Crippen molar-refractivity contribution in [3.63, 3.8) is 0 Å². The fraction of sp³-hybridized carbons (Fsp3) is 0.429. The van der Waals surface area contributed by atoms with Crippen LogP contribution in [0.25, 0.3) is 11.4 Å². The van der Waals surface area contributed by atoms with Crippen LogP contribution >= 0.6 is 0 Å². The minimum atomic E-state index is 0.578. The Morgan fingerprint density at radius 1 is 1.37 bits per heavy atom. The average Bonchev–Trinajstić information content (AvgIpc) is 2.74. The second kappa shape index (κ2) is 5.84. The molecule has 5 heteroatoms. The first kappa shape index (κ1) is 13.5. The van der Waals surface area contributed by atoms with Gasteiger partial charge < -0.3 is 10.5 Å². The zero-order chi connectivity index (χ0) is 13.8. The van der Waals surface area contributed by atoms with Crippen molar-refractivity contribution < 1.29 is 4.74 Å². The zero-order valence-electron chi connectivity index (χ0n) is 11.7. The third kappa shape index (κ3) is 2.93. The van der Waals surface area contributed by atoms with Gasteiger partial charge in [0.15, 0.2) is 5.82 Å². The highest BCUT2D eigenvalue weighted by Crippen LogP contribution is 2.24. The quantitative estimate of drug-likeness (QED) is 0.888. The van der Waals surface area contributed by atoms with Gasteiger partial charge >= 0.3 is 0 Å². The van der Waals surface area contributed by atoms with Crippen LogP contribution in [0, 0.1) is 6.92 Å². The van der Waals surface area contributed by atoms with Crippen molar-refractivity contribution in [3.05, 3.63) is 29.6 Å². The molecule has 0 bridgehead atoms. The first-order chi connectivity index (χ1) is 9.15. The average molecular weight is 260 g/mol. The number of rotatable bonds is 5. The maximum atomic E-state index is 5.56. The summed E-state index contributed by atoms with van der Waals surface area (Å²) in [6.45, 7) is 5.25. The Bertz CT molecular complexity index is 563. The van der Waals surface area contributed by atoms with Crippen LogP contribution in [0.15, 0.2) is 18.2 Å². The lowest BCUT2D eigenvalue weighted by molar-refractivity contribution is 0.338. The van der Waals surface area contributed by atoms with Crippen LogP contribution in [-0.4, -0.2) is 27.9 Å². The number of aryl methyl sites for hydroxylation is 2. The summed E-state index contributed by atoms with van der Waals surface area (Å²) in [5.41, 5.74) is 7.65. The molecule has 1 aromatic carbocycles. The predicted molar refractivity (Wildman–Crippen MR) is 75.1 cm³/mol. The van der Waals surface area contributed by atoms with Crippen molar-refractivity contribution >= 4 is 0 Å². The smallest absolute Gasteiger partial charge is 0.181 e. The van der Waals surface area contributed by atoms with Gasteiger partial charge in [0, 0.05) is 19.0 Å². The van der Waals surface area contributed by atoms with Crippen LogP contribution in [0.5, 0.6) is 5.75 Å². The van der Waals surface area contributed by atoms with Crippen LogP contribution in [0.1, 0.15) is 18.3 Å². The van der Waals surface area contributed by atoms with Crippen LogP contribution in [0.3, 0.4) is 0 Å². The number of hydrogen-bond acceptors (Lipinski definition) is 4. The SMILES string of the molecule is CCOc1ccc(-c2nc(CCN)n(C)n2)cc1C. The zero-order valence-corrected chi connectivity index (χ0v) is 11.7. The first-order valence-corrected chi connectivity index (χ1v) is 6.49. The van der Waals surface area contributed by atoms with Crippen LogP contribution in [0.4, 0.5) is 0 Å². The van der Waals surface area contributed by atoms with Gasteiger partial charge in [-0.3, -0.25) is 4.68 Å². The van der Waals surface area contributed by atoms with E-state index in [0.717, 1.165) is 34.9 Å². The lowest BCUT2D eigenvalue weighted by Gasteiger charge is -2.07. The maximum Gasteiger partial charge on any atom is 0.181 e. The number of nitrogens with zero attached hydrogens (tertiary/aromatic N) is 3. The molecule has 0 saturated carbocycles. The molecule has 0 aliphatic carbocycles. The third-order valence-corrected chi connectivity index (χ3v) is 2.95. The van der Waals surface area contributed by atoms with Crippen molar-refractivity contribution in [3.8, 4) is 17.1 Å². The van der Waals surface area contributed by atoms with E-state index in [-0.39, 0.29) is 0 Å². The molecule has 0 atom stereocenters. The van der Waals surface area contributed by atoms with Crippen molar-refractivity contribution in [2.45, 2.75) is 20.3 Å². The molecular formula is C14H20N4O. The Hall–Kier alpha value is -1.88. The molecule has 0 fully saturated rings. The van der Waals surface area contributed by atoms with Crippen molar-refractivity contribution in [2.75, 3.05) is 13.2 Å². The Morgan fingerprint density at radius 3 is 2.79 bits per heavy atom. The summed E-state index contributed by atoms with van der Waals surface area (Å²) >= 11 is 0. The topological polar surface area (TPSA) is 66.0 Å². The minimum Gasteiger partial charge on any atom is -0.494 e. The van der Waals surface area contributed by atoms with Gasteiger partial charge in [-0.15, -0.1) is 0 Å². The summed E-state index contributed by atoms with van der Waals surface area (Å²) in [5.74, 6) is 2.55. The molecule has 1 heterocycles. The van der Waals surface area contributed by atoms with E-state index in [1.54, 1.807) is 4.68 Å². The standard InChI is InChI=1S/C14H20N4O/c1-4-19-12-6-5-11(9-10(12)2)14-16-13(7-8-15)18(3)17-14/h5-6,9H,4,7-8,15H2,1-3H3. The Morgan fingerprint density at radius 2 is 2.16 bits per heavy atom. The van der Waals surface area contributed by atoms with E-state index in [0.29, 0.717) is 13.2 Å². The molecule has 0 radical (unpaired) electrons. The molecule has 0 amide bonds. The number of nitrogens with two attached hydrogens (primary N) is 1. The summed E-state index contributed by atoms with van der Waals surface area (Å²) in [6, 6.07) is 6.00. The van der Waals surface area contributed by atoms with Gasteiger partial charge in [-0.2, -0.15) is 5.10 Å². The maximum absolute atomic E-state index is 5.56. The predicted octanol–water partition coefficient (Wildman–Crippen LogP) is 1.69. The van der Waals surface area contributed by atoms with Crippen molar-refractivity contribution in [2.24, 2.45) is 12.8 Å². The van der Waals surface area contributed by atoms with Crippen molar-refractivity contribution in [1.82, 2.24) is 14.8 Å². The molecule has 0 spiro atoms. The van der Waals surface area contributed by atoms with Gasteiger partial charge in [-0.05, 0) is 44.2 Å². The number of ether oxygens (including phenoxy) is 1. The van der Waals surface area contributed by atoms with E-state index in [2.05, 4.69) is 10.1 Å². The van der Waals surface area contributed by atoms with E-state index >= 15 is 0 Å². The third-order valence-electron chi connectivity index (χ3n) is 2.95. The molecule has 0 saturated heterocycles. The molecule has 2 N–H and O–H groups in total. The van der Waals surface area contributed by atoms with Gasteiger partial charge in [-0.25, -0.2) is 4.98 Å². The normalized spacial score (nSPS) is 10.7. The second-order valence-corrected chi connectivity index (χ2v) is 4.43. The monoisotopic (exact) mass is 260 g/mol. The molecular weight excluding hydrogens is 240 g/mol. The van der Waals surface area contributed by atoms with Gasteiger partial charge in [0.1, 0.15) is 11.6 Å². The van der Waals surface area contributed by atoms with Gasteiger partial charge in [-0.1, -0.05) is 0 Å². The molecule has 2 rings (SSSR count). The van der Waals surface area contributed by atoms with E-state index in [9.17, 15) is 0 Å². The molecule has 1 aromatic heterocycles. The van der Waals surface area contributed by atoms with E-state index in [4.69, 9.17) is 10.5 Å². The lowest BCUT2D eigenvalue weighted by Crippen LogP contribution is -2.08. The van der Waals surface area contributed by atoms with E-state index in [1.165, 1.54) is 0 Å². The summed E-state index contributed by atoms with van der Waals surface area (Å²) in [4.78, 5) is 4.52. The molecule has 0 aliphatic heterocycles. The molecule has 5 nitrogen and oxygen atoms in total. The fourth-order valence-corrected chi connectivity index (χ4v) is 1.99. The van der Waals surface area contributed by atoms with Gasteiger partial charge in [0.05, 0.1) is 6.61 Å². The summed E-state index contributed by atoms with van der Waals surface area (Å²) in [7, 11) is 1.89. The molecule has 102 valence electrons. The molecule has 0 unspecified atom stereocenters. The van der Waals surface area contributed by atoms with Crippen LogP contribution in [0.2, 0.25) is 0 Å². The second-order valence-electron chi connectivity index (χ2n) is 4.43. The lowest BCUT2D eigenvalue weighted by atomic mass is 10.1. The van der Waals surface area contributed by atoms with Gasteiger partial charge in [0.2, 0.25) is 0 Å². The fourth-order valence-electron chi connectivity index (χ4n) is 1.99. The molecule has 0 aliphatic rings. The Balaban J connectivity index is 2.31. The highest BCUT2D eigenvalue weighted by atomic mass is 16.5.